The molecule has 2 heterocycles. The van der Waals surface area contributed by atoms with Crippen molar-refractivity contribution in [3.05, 3.63) is 82.3 Å². The van der Waals surface area contributed by atoms with Gasteiger partial charge in [0, 0.05) is 6.54 Å². The van der Waals surface area contributed by atoms with Gasteiger partial charge in [-0.3, -0.25) is 19.6 Å². The van der Waals surface area contributed by atoms with Crippen molar-refractivity contribution >= 4 is 29.6 Å². The highest BCUT2D eigenvalue weighted by molar-refractivity contribution is 7.99. The normalized spacial score (nSPS) is 17.8. The third-order valence-electron chi connectivity index (χ3n) is 5.30. The molecule has 2 aromatic carbocycles. The number of nitrogens with one attached hydrogen (secondary N) is 3. The molecule has 0 aliphatic carbocycles. The lowest BCUT2D eigenvalue weighted by Gasteiger charge is -2.22. The van der Waals surface area contributed by atoms with Gasteiger partial charge in [0.1, 0.15) is 5.54 Å². The number of hydrazine groups is 1. The van der Waals surface area contributed by atoms with Crippen LogP contribution < -0.4 is 16.4 Å². The van der Waals surface area contributed by atoms with Gasteiger partial charge < -0.3 is 5.32 Å². The molecule has 0 radical (unpaired) electrons. The van der Waals surface area contributed by atoms with Crippen LogP contribution in [0.5, 0.6) is 0 Å². The first-order chi connectivity index (χ1) is 15.9. The first-order valence-electron chi connectivity index (χ1n) is 10.2. The predicted octanol–water partition coefficient (Wildman–Crippen LogP) is 1.40. The van der Waals surface area contributed by atoms with Crippen LogP contribution in [-0.4, -0.2) is 43.4 Å². The molecule has 170 valence electrons. The van der Waals surface area contributed by atoms with Crippen LogP contribution in [-0.2, 0) is 28.1 Å². The summed E-state index contributed by atoms with van der Waals surface area (Å²) < 4.78 is 1.45. The first-order valence-corrected chi connectivity index (χ1v) is 11.2. The highest BCUT2D eigenvalue weighted by atomic mass is 32.2. The number of carbonyl (C=O) groups excluding carboxylic acids is 3. The molecule has 10 nitrogen and oxygen atoms in total. The van der Waals surface area contributed by atoms with Crippen molar-refractivity contribution in [1.82, 2.24) is 30.5 Å². The van der Waals surface area contributed by atoms with E-state index in [1.54, 1.807) is 37.3 Å². The van der Waals surface area contributed by atoms with E-state index in [4.69, 9.17) is 0 Å². The summed E-state index contributed by atoms with van der Waals surface area (Å²) in [6.07, 6.45) is 0.626. The third kappa shape index (κ3) is 4.67. The van der Waals surface area contributed by atoms with Gasteiger partial charge in [-0.2, -0.15) is 5.01 Å². The Morgan fingerprint density at radius 3 is 2.42 bits per heavy atom. The van der Waals surface area contributed by atoms with E-state index in [-0.39, 0.29) is 11.4 Å². The molecule has 4 rings (SSSR count). The van der Waals surface area contributed by atoms with Crippen molar-refractivity contribution in [1.29, 1.82) is 0 Å². The van der Waals surface area contributed by atoms with Crippen molar-refractivity contribution in [3.63, 3.8) is 0 Å². The number of aromatic amines is 1. The topological polar surface area (TPSA) is 129 Å². The number of hydrogen-bond donors (Lipinski definition) is 3. The number of rotatable bonds is 8. The van der Waals surface area contributed by atoms with Crippen molar-refractivity contribution in [2.75, 3.05) is 5.75 Å². The fraction of sp³-hybridized carbons (Fsp3) is 0.227. The van der Waals surface area contributed by atoms with Gasteiger partial charge in [0.2, 0.25) is 5.91 Å². The minimum atomic E-state index is -1.28. The molecule has 0 saturated carbocycles. The molecule has 0 spiro atoms. The van der Waals surface area contributed by atoms with Crippen molar-refractivity contribution in [2.24, 2.45) is 0 Å². The summed E-state index contributed by atoms with van der Waals surface area (Å²) in [5.74, 6) is -1.31. The largest absolute Gasteiger partial charge is 0.344 e. The number of imide groups is 1. The summed E-state index contributed by atoms with van der Waals surface area (Å²) in [4.78, 5) is 49.8. The number of H-pyrrole nitrogens is 1. The highest BCUT2D eigenvalue weighted by Crippen LogP contribution is 2.27. The van der Waals surface area contributed by atoms with E-state index in [0.29, 0.717) is 28.7 Å². The van der Waals surface area contributed by atoms with Crippen LogP contribution in [0.15, 0.2) is 70.6 Å². The van der Waals surface area contributed by atoms with E-state index >= 15 is 0 Å². The van der Waals surface area contributed by atoms with E-state index in [2.05, 4.69) is 20.9 Å². The Hall–Kier alpha value is -3.86. The molecule has 1 aliphatic rings. The smallest absolute Gasteiger partial charge is 0.318 e. The van der Waals surface area contributed by atoms with E-state index in [1.807, 2.05) is 30.3 Å². The number of hydrogen-bond acceptors (Lipinski definition) is 6. The fourth-order valence-corrected chi connectivity index (χ4v) is 4.26. The summed E-state index contributed by atoms with van der Waals surface area (Å²) in [5, 5.41) is 10.0. The van der Waals surface area contributed by atoms with Gasteiger partial charge in [-0.05, 0) is 24.5 Å². The average molecular weight is 467 g/mol. The standard InChI is InChI=1S/C22H22N6O4S/c1-22(16-10-6-3-7-11-16)18(30)28(19(31)23-22)26-17(29)14-33-21-25-24-20(32)27(21)13-12-15-8-4-2-5-9-15/h2-11H,12-14H2,1H3,(H,23,31)(H,24,32)(H,26,29). The Balaban J connectivity index is 1.37. The van der Waals surface area contributed by atoms with E-state index < -0.39 is 23.4 Å². The summed E-state index contributed by atoms with van der Waals surface area (Å²) >= 11 is 1.03. The predicted molar refractivity (Wildman–Crippen MR) is 121 cm³/mol. The number of benzene rings is 2. The van der Waals surface area contributed by atoms with Crippen LogP contribution in [0.1, 0.15) is 18.1 Å². The van der Waals surface area contributed by atoms with Crippen molar-refractivity contribution in [3.8, 4) is 0 Å². The highest BCUT2D eigenvalue weighted by Gasteiger charge is 2.49. The van der Waals surface area contributed by atoms with Gasteiger partial charge in [0.25, 0.3) is 5.91 Å². The Morgan fingerprint density at radius 1 is 1.06 bits per heavy atom. The molecule has 11 heteroatoms. The summed E-state index contributed by atoms with van der Waals surface area (Å²) in [6, 6.07) is 17.8. The lowest BCUT2D eigenvalue weighted by molar-refractivity contribution is -0.138. The second kappa shape index (κ2) is 9.33. The van der Waals surface area contributed by atoms with Gasteiger partial charge in [0.15, 0.2) is 5.16 Å². The van der Waals surface area contributed by atoms with Crippen LogP contribution in [0.25, 0.3) is 0 Å². The number of aromatic nitrogens is 3. The average Bonchev–Trinajstić information content (AvgIpc) is 3.29. The molecule has 0 bridgehead atoms. The lowest BCUT2D eigenvalue weighted by atomic mass is 9.92. The summed E-state index contributed by atoms with van der Waals surface area (Å²) in [7, 11) is 0. The van der Waals surface area contributed by atoms with Gasteiger partial charge in [-0.25, -0.2) is 14.7 Å². The molecule has 1 aromatic heterocycles. The first kappa shape index (κ1) is 22.3. The maximum absolute atomic E-state index is 12.9. The monoisotopic (exact) mass is 466 g/mol. The second-order valence-corrected chi connectivity index (χ2v) is 8.53. The van der Waals surface area contributed by atoms with Crippen LogP contribution in [0.4, 0.5) is 4.79 Å². The SMILES string of the molecule is CC1(c2ccccc2)NC(=O)N(NC(=O)CSc2n[nH]c(=O)n2CCc2ccccc2)C1=O. The number of aryl methyl sites for hydroxylation is 1. The van der Waals surface area contributed by atoms with Crippen LogP contribution in [0, 0.1) is 0 Å². The van der Waals surface area contributed by atoms with Crippen molar-refractivity contribution in [2.45, 2.75) is 30.6 Å². The molecular formula is C22H22N6O4S. The Kier molecular flexibility index (Phi) is 6.31. The Labute approximate surface area is 193 Å². The zero-order valence-corrected chi connectivity index (χ0v) is 18.6. The molecular weight excluding hydrogens is 444 g/mol. The maximum atomic E-state index is 12.9. The maximum Gasteiger partial charge on any atom is 0.344 e. The van der Waals surface area contributed by atoms with Crippen LogP contribution >= 0.6 is 11.8 Å². The van der Waals surface area contributed by atoms with Gasteiger partial charge in [-0.1, -0.05) is 72.4 Å². The Morgan fingerprint density at radius 2 is 1.73 bits per heavy atom. The second-order valence-electron chi connectivity index (χ2n) is 7.58. The summed E-state index contributed by atoms with van der Waals surface area (Å²) in [5.41, 5.74) is 2.37. The molecule has 33 heavy (non-hydrogen) atoms. The number of carbonyl (C=O) groups is 3. The fourth-order valence-electron chi connectivity index (χ4n) is 3.49. The number of nitrogens with zero attached hydrogens (tertiary/aromatic N) is 3. The van der Waals surface area contributed by atoms with E-state index in [0.717, 1.165) is 17.3 Å². The van der Waals surface area contributed by atoms with Gasteiger partial charge in [0.05, 0.1) is 5.75 Å². The van der Waals surface area contributed by atoms with E-state index in [1.165, 1.54) is 4.57 Å². The van der Waals surface area contributed by atoms with Crippen molar-refractivity contribution < 1.29 is 14.4 Å². The number of urea groups is 1. The molecule has 3 N–H and O–H groups in total. The molecule has 1 unspecified atom stereocenters. The molecule has 3 aromatic rings. The zero-order chi connectivity index (χ0) is 23.4. The molecule has 1 saturated heterocycles. The van der Waals surface area contributed by atoms with Crippen LogP contribution in [0.2, 0.25) is 0 Å². The zero-order valence-electron chi connectivity index (χ0n) is 17.8. The quantitative estimate of drug-likeness (QED) is 0.340. The lowest BCUT2D eigenvalue weighted by Crippen LogP contribution is -2.48. The third-order valence-corrected chi connectivity index (χ3v) is 6.28. The van der Waals surface area contributed by atoms with Gasteiger partial charge >= 0.3 is 11.7 Å². The molecule has 1 fully saturated rings. The van der Waals surface area contributed by atoms with E-state index in [9.17, 15) is 19.2 Å². The molecule has 1 aliphatic heterocycles. The van der Waals surface area contributed by atoms with Gasteiger partial charge in [-0.15, -0.1) is 5.10 Å². The van der Waals surface area contributed by atoms with Crippen LogP contribution in [0.3, 0.4) is 0 Å². The minimum absolute atomic E-state index is 0.144. The number of thioether (sulfide) groups is 1. The minimum Gasteiger partial charge on any atom is -0.318 e. The summed E-state index contributed by atoms with van der Waals surface area (Å²) in [6.45, 7) is 1.98. The molecule has 1 atom stereocenters. The number of amides is 4. The molecule has 4 amide bonds. The Bertz CT molecular complexity index is 1230.